The summed E-state index contributed by atoms with van der Waals surface area (Å²) in [6.45, 7) is 7.92. The fraction of sp³-hybridized carbons (Fsp3) is 0.250. The van der Waals surface area contributed by atoms with E-state index in [0.29, 0.717) is 22.3 Å². The van der Waals surface area contributed by atoms with E-state index in [2.05, 4.69) is 18.9 Å². The molecular formula is C28H27ClN4O5. The van der Waals surface area contributed by atoms with E-state index in [1.807, 2.05) is 25.1 Å². The first-order valence-corrected chi connectivity index (χ1v) is 12.4. The fourth-order valence-electron chi connectivity index (χ4n) is 4.23. The van der Waals surface area contributed by atoms with Gasteiger partial charge in [0.1, 0.15) is 5.75 Å². The molecule has 0 saturated heterocycles. The molecule has 0 atom stereocenters. The molecule has 0 radical (unpaired) electrons. The van der Waals surface area contributed by atoms with Gasteiger partial charge in [0.25, 0.3) is 5.56 Å². The Morgan fingerprint density at radius 2 is 1.95 bits per heavy atom. The van der Waals surface area contributed by atoms with Crippen LogP contribution in [-0.4, -0.2) is 34.5 Å². The fourth-order valence-corrected chi connectivity index (χ4v) is 4.45. The Kier molecular flexibility index (Phi) is 7.78. The summed E-state index contributed by atoms with van der Waals surface area (Å²) in [6, 6.07) is 13.6. The van der Waals surface area contributed by atoms with Gasteiger partial charge in [0.05, 0.1) is 35.8 Å². The molecule has 4 aromatic rings. The Balaban J connectivity index is 2.01. The highest BCUT2D eigenvalue weighted by atomic mass is 35.5. The first-order valence-electron chi connectivity index (χ1n) is 12.0. The summed E-state index contributed by atoms with van der Waals surface area (Å²) in [4.78, 5) is 29.5. The second-order valence-corrected chi connectivity index (χ2v) is 9.35. The van der Waals surface area contributed by atoms with Crippen molar-refractivity contribution < 1.29 is 14.4 Å². The molecule has 0 saturated carbocycles. The molecule has 10 heteroatoms. The third kappa shape index (κ3) is 5.10. The zero-order valence-electron chi connectivity index (χ0n) is 21.7. The van der Waals surface area contributed by atoms with E-state index in [9.17, 15) is 14.9 Å². The lowest BCUT2D eigenvalue weighted by molar-refractivity contribution is -0.385. The van der Waals surface area contributed by atoms with Crippen molar-refractivity contribution in [2.45, 2.75) is 33.6 Å². The summed E-state index contributed by atoms with van der Waals surface area (Å²) in [5, 5.41) is 16.6. The Bertz CT molecular complexity index is 1630. The zero-order chi connectivity index (χ0) is 27.6. The van der Waals surface area contributed by atoms with Crippen LogP contribution < -0.4 is 15.0 Å². The van der Waals surface area contributed by atoms with Gasteiger partial charge in [0.15, 0.2) is 5.82 Å². The topological polar surface area (TPSA) is 109 Å². The maximum Gasteiger partial charge on any atom is 0.313 e. The number of para-hydroxylation sites is 1. The van der Waals surface area contributed by atoms with Gasteiger partial charge in [-0.05, 0) is 61.2 Å². The normalized spacial score (nSPS) is 11.4. The van der Waals surface area contributed by atoms with E-state index in [1.54, 1.807) is 32.2 Å². The predicted octanol–water partition coefficient (Wildman–Crippen LogP) is 6.35. The van der Waals surface area contributed by atoms with Gasteiger partial charge in [0.2, 0.25) is 5.75 Å². The maximum absolute atomic E-state index is 13.7. The minimum Gasteiger partial charge on any atom is -0.496 e. The Morgan fingerprint density at radius 1 is 1.21 bits per heavy atom. The standard InChI is InChI=1S/C28H27ClN4O5/c1-6-38-26-18(12-19(29)13-24(26)33(35)36)15-30-32-27(31-23-10-8-7-9-20(23)28(32)34)22-14-21(16(2)3)25(37-5)11-17(22)4/h7-16H,6H2,1-5H3. The van der Waals surface area contributed by atoms with Crippen LogP contribution in [0.1, 0.15) is 43.4 Å². The third-order valence-electron chi connectivity index (χ3n) is 6.05. The van der Waals surface area contributed by atoms with Crippen LogP contribution in [0, 0.1) is 17.0 Å². The molecule has 9 nitrogen and oxygen atoms in total. The lowest BCUT2D eigenvalue weighted by atomic mass is 9.96. The number of ether oxygens (including phenoxy) is 2. The molecule has 0 aliphatic rings. The summed E-state index contributed by atoms with van der Waals surface area (Å²) >= 11 is 6.17. The number of aromatic nitrogens is 2. The largest absolute Gasteiger partial charge is 0.496 e. The Labute approximate surface area is 224 Å². The van der Waals surface area contributed by atoms with Gasteiger partial charge in [-0.15, -0.1) is 0 Å². The summed E-state index contributed by atoms with van der Waals surface area (Å²) in [7, 11) is 1.62. The van der Waals surface area contributed by atoms with Crippen molar-refractivity contribution >= 4 is 34.4 Å². The van der Waals surface area contributed by atoms with Crippen LogP contribution in [0.2, 0.25) is 5.02 Å². The molecule has 1 aromatic heterocycles. The molecule has 0 amide bonds. The lowest BCUT2D eigenvalue weighted by Crippen LogP contribution is -2.21. The molecule has 0 unspecified atom stereocenters. The molecule has 0 N–H and O–H groups in total. The monoisotopic (exact) mass is 534 g/mol. The second kappa shape index (κ2) is 11.0. The molecule has 0 aliphatic heterocycles. The number of rotatable bonds is 8. The summed E-state index contributed by atoms with van der Waals surface area (Å²) in [5.41, 5.74) is 2.59. The van der Waals surface area contributed by atoms with Gasteiger partial charge in [-0.1, -0.05) is 37.6 Å². The third-order valence-corrected chi connectivity index (χ3v) is 6.27. The minimum absolute atomic E-state index is 0.0109. The number of hydrogen-bond donors (Lipinski definition) is 0. The zero-order valence-corrected chi connectivity index (χ0v) is 22.4. The van der Waals surface area contributed by atoms with E-state index in [0.717, 1.165) is 16.9 Å². The van der Waals surface area contributed by atoms with Crippen molar-refractivity contribution in [1.29, 1.82) is 0 Å². The van der Waals surface area contributed by atoms with Gasteiger partial charge < -0.3 is 9.47 Å². The van der Waals surface area contributed by atoms with Crippen molar-refractivity contribution in [3.05, 3.63) is 90.7 Å². The van der Waals surface area contributed by atoms with Crippen molar-refractivity contribution in [2.24, 2.45) is 5.10 Å². The Hall–Kier alpha value is -4.24. The molecule has 38 heavy (non-hydrogen) atoms. The maximum atomic E-state index is 13.7. The van der Waals surface area contributed by atoms with Crippen LogP contribution in [-0.2, 0) is 0 Å². The smallest absolute Gasteiger partial charge is 0.313 e. The molecule has 0 fully saturated rings. The molecule has 0 spiro atoms. The SMILES string of the molecule is CCOc1c(C=Nn2c(-c3cc(C(C)C)c(OC)cc3C)nc3ccccc3c2=O)cc(Cl)cc1[N+](=O)[O-]. The quantitative estimate of drug-likeness (QED) is 0.148. The van der Waals surface area contributed by atoms with Crippen molar-refractivity contribution in [3.63, 3.8) is 0 Å². The molecule has 3 aromatic carbocycles. The number of hydrogen-bond acceptors (Lipinski definition) is 7. The number of benzene rings is 3. The number of aryl methyl sites for hydroxylation is 1. The molecule has 0 aliphatic carbocycles. The van der Waals surface area contributed by atoms with Crippen LogP contribution in [0.25, 0.3) is 22.3 Å². The van der Waals surface area contributed by atoms with Crippen LogP contribution >= 0.6 is 11.6 Å². The highest BCUT2D eigenvalue weighted by Gasteiger charge is 2.21. The van der Waals surface area contributed by atoms with Crippen LogP contribution in [0.3, 0.4) is 0 Å². The number of fused-ring (bicyclic) bond motifs is 1. The molecular weight excluding hydrogens is 508 g/mol. The minimum atomic E-state index is -0.572. The highest BCUT2D eigenvalue weighted by Crippen LogP contribution is 2.35. The molecule has 1 heterocycles. The summed E-state index contributed by atoms with van der Waals surface area (Å²) in [5.74, 6) is 1.22. The van der Waals surface area contributed by atoms with Crippen LogP contribution in [0.5, 0.6) is 11.5 Å². The molecule has 196 valence electrons. The van der Waals surface area contributed by atoms with Crippen molar-refractivity contribution in [2.75, 3.05) is 13.7 Å². The Morgan fingerprint density at radius 3 is 2.61 bits per heavy atom. The summed E-state index contributed by atoms with van der Waals surface area (Å²) < 4.78 is 12.4. The number of nitro groups is 1. The molecule has 4 rings (SSSR count). The van der Waals surface area contributed by atoms with Crippen LogP contribution in [0.4, 0.5) is 5.69 Å². The number of nitrogens with zero attached hydrogens (tertiary/aromatic N) is 4. The first-order chi connectivity index (χ1) is 18.2. The van der Waals surface area contributed by atoms with Crippen molar-refractivity contribution in [3.8, 4) is 22.9 Å². The molecule has 0 bridgehead atoms. The highest BCUT2D eigenvalue weighted by molar-refractivity contribution is 6.31. The average molecular weight is 535 g/mol. The number of nitro benzene ring substituents is 1. The van der Waals surface area contributed by atoms with Crippen molar-refractivity contribution in [1.82, 2.24) is 9.66 Å². The first kappa shape index (κ1) is 26.8. The van der Waals surface area contributed by atoms with Gasteiger partial charge >= 0.3 is 5.69 Å². The number of methoxy groups -OCH3 is 1. The summed E-state index contributed by atoms with van der Waals surface area (Å²) in [6.07, 6.45) is 1.33. The van der Waals surface area contributed by atoms with E-state index in [1.165, 1.54) is 23.0 Å². The van der Waals surface area contributed by atoms with E-state index in [4.69, 9.17) is 26.1 Å². The van der Waals surface area contributed by atoms with Gasteiger partial charge in [-0.2, -0.15) is 9.78 Å². The average Bonchev–Trinajstić information content (AvgIpc) is 2.88. The van der Waals surface area contributed by atoms with Gasteiger partial charge in [0, 0.05) is 22.2 Å². The van der Waals surface area contributed by atoms with Gasteiger partial charge in [-0.3, -0.25) is 14.9 Å². The van der Waals surface area contributed by atoms with Gasteiger partial charge in [-0.25, -0.2) is 4.98 Å². The predicted molar refractivity (Wildman–Crippen MR) is 149 cm³/mol. The lowest BCUT2D eigenvalue weighted by Gasteiger charge is -2.17. The second-order valence-electron chi connectivity index (χ2n) is 8.91. The van der Waals surface area contributed by atoms with E-state index >= 15 is 0 Å². The van der Waals surface area contributed by atoms with E-state index in [-0.39, 0.29) is 34.5 Å². The van der Waals surface area contributed by atoms with E-state index < -0.39 is 10.5 Å². The van der Waals surface area contributed by atoms with Crippen LogP contribution in [0.15, 0.2) is 58.4 Å². The number of halogens is 1.